The van der Waals surface area contributed by atoms with Crippen LogP contribution in [0, 0.1) is 5.82 Å². The van der Waals surface area contributed by atoms with Gasteiger partial charge in [0.1, 0.15) is 5.82 Å². The molecule has 1 aliphatic heterocycles. The van der Waals surface area contributed by atoms with E-state index in [0.29, 0.717) is 38.5 Å². The van der Waals surface area contributed by atoms with Crippen LogP contribution in [0.3, 0.4) is 0 Å². The molecule has 0 unspecified atom stereocenters. The number of nitrogens with one attached hydrogen (secondary N) is 1. The van der Waals surface area contributed by atoms with Crippen LogP contribution in [-0.2, 0) is 6.54 Å². The second-order valence-corrected chi connectivity index (χ2v) is 7.94. The van der Waals surface area contributed by atoms with Gasteiger partial charge in [0, 0.05) is 50.2 Å². The van der Waals surface area contributed by atoms with E-state index in [2.05, 4.69) is 19.3 Å². The van der Waals surface area contributed by atoms with Crippen LogP contribution in [-0.4, -0.2) is 59.0 Å². The summed E-state index contributed by atoms with van der Waals surface area (Å²) in [6.45, 7) is 4.28. The van der Waals surface area contributed by atoms with Gasteiger partial charge in [-0.1, -0.05) is 18.9 Å². The standard InChI is InChI=1S/C20H22F4N4O2S/c1-2-31-26-17-4-3-15(10-18(17)30-20(22,23)24)19(29)28-7-5-27(6-8-28)13-14-9-16(21)12-25-11-14/h3-4,9-12,26H,2,5-8,13H2,1H3. The molecule has 1 saturated heterocycles. The SMILES string of the molecule is CCSNc1ccc(C(=O)N2CCN(Cc3cncc(F)c3)CC2)cc1OC(F)(F)F. The fourth-order valence-electron chi connectivity index (χ4n) is 3.19. The number of nitrogens with zero attached hydrogens (tertiary/aromatic N) is 3. The number of ether oxygens (including phenoxy) is 1. The lowest BCUT2D eigenvalue weighted by atomic mass is 10.1. The van der Waals surface area contributed by atoms with Gasteiger partial charge in [-0.25, -0.2) is 4.39 Å². The Balaban J connectivity index is 1.65. The number of hydrogen-bond acceptors (Lipinski definition) is 6. The second kappa shape index (κ2) is 10.2. The maximum Gasteiger partial charge on any atom is 0.573 e. The first kappa shape index (κ1) is 23.1. The Hall–Kier alpha value is -2.53. The summed E-state index contributed by atoms with van der Waals surface area (Å²) in [4.78, 5) is 20.3. The largest absolute Gasteiger partial charge is 0.573 e. The topological polar surface area (TPSA) is 57.7 Å². The number of carbonyl (C=O) groups is 1. The van der Waals surface area contributed by atoms with Gasteiger partial charge in [-0.3, -0.25) is 14.7 Å². The highest BCUT2D eigenvalue weighted by Gasteiger charge is 2.33. The zero-order valence-electron chi connectivity index (χ0n) is 16.8. The van der Waals surface area contributed by atoms with Gasteiger partial charge in [0.15, 0.2) is 5.75 Å². The third kappa shape index (κ3) is 6.73. The average molecular weight is 458 g/mol. The summed E-state index contributed by atoms with van der Waals surface area (Å²) < 4.78 is 58.6. The van der Waals surface area contributed by atoms with Crippen LogP contribution in [0.1, 0.15) is 22.8 Å². The zero-order valence-corrected chi connectivity index (χ0v) is 17.6. The monoisotopic (exact) mass is 458 g/mol. The molecule has 0 spiro atoms. The number of alkyl halides is 3. The normalized spacial score (nSPS) is 15.1. The molecule has 0 saturated carbocycles. The van der Waals surface area contributed by atoms with Crippen molar-refractivity contribution in [3.8, 4) is 5.75 Å². The molecule has 0 radical (unpaired) electrons. The molecule has 2 heterocycles. The van der Waals surface area contributed by atoms with Crippen LogP contribution in [0.15, 0.2) is 36.7 Å². The van der Waals surface area contributed by atoms with Crippen molar-refractivity contribution in [3.05, 3.63) is 53.6 Å². The van der Waals surface area contributed by atoms with Gasteiger partial charge in [0.25, 0.3) is 5.91 Å². The number of hydrogen-bond donors (Lipinski definition) is 1. The summed E-state index contributed by atoms with van der Waals surface area (Å²) in [5.74, 6) is -0.578. The predicted molar refractivity (Wildman–Crippen MR) is 110 cm³/mol. The van der Waals surface area contributed by atoms with Crippen molar-refractivity contribution in [2.45, 2.75) is 19.8 Å². The number of amides is 1. The van der Waals surface area contributed by atoms with Gasteiger partial charge in [0.2, 0.25) is 0 Å². The van der Waals surface area contributed by atoms with Crippen LogP contribution in [0.2, 0.25) is 0 Å². The minimum Gasteiger partial charge on any atom is -0.404 e. The molecule has 3 rings (SSSR count). The van der Waals surface area contributed by atoms with E-state index < -0.39 is 17.9 Å². The Morgan fingerprint density at radius 1 is 1.19 bits per heavy atom. The van der Waals surface area contributed by atoms with E-state index in [1.54, 1.807) is 11.1 Å². The Morgan fingerprint density at radius 2 is 1.94 bits per heavy atom. The van der Waals surface area contributed by atoms with Crippen LogP contribution in [0.4, 0.5) is 23.2 Å². The highest BCUT2D eigenvalue weighted by molar-refractivity contribution is 8.00. The number of benzene rings is 1. The third-order valence-electron chi connectivity index (χ3n) is 4.61. The molecule has 0 bridgehead atoms. The minimum absolute atomic E-state index is 0.120. The van der Waals surface area contributed by atoms with Crippen molar-refractivity contribution < 1.29 is 27.1 Å². The predicted octanol–water partition coefficient (Wildman–Crippen LogP) is 4.16. The van der Waals surface area contributed by atoms with Crippen molar-refractivity contribution in [2.24, 2.45) is 0 Å². The summed E-state index contributed by atoms with van der Waals surface area (Å²) >= 11 is 1.22. The van der Waals surface area contributed by atoms with Crippen LogP contribution in [0.25, 0.3) is 0 Å². The van der Waals surface area contributed by atoms with Crippen molar-refractivity contribution in [2.75, 3.05) is 36.7 Å². The van der Waals surface area contributed by atoms with Crippen LogP contribution in [0.5, 0.6) is 5.75 Å². The molecule has 0 atom stereocenters. The fraction of sp³-hybridized carbons (Fsp3) is 0.400. The van der Waals surface area contributed by atoms with E-state index in [-0.39, 0.29) is 17.2 Å². The maximum absolute atomic E-state index is 13.3. The first-order valence-electron chi connectivity index (χ1n) is 9.64. The lowest BCUT2D eigenvalue weighted by Gasteiger charge is -2.34. The summed E-state index contributed by atoms with van der Waals surface area (Å²) in [5, 5.41) is 0. The number of anilines is 1. The quantitative estimate of drug-likeness (QED) is 0.497. The van der Waals surface area contributed by atoms with E-state index in [0.717, 1.165) is 17.8 Å². The molecule has 168 valence electrons. The van der Waals surface area contributed by atoms with E-state index in [1.807, 2.05) is 6.92 Å². The van der Waals surface area contributed by atoms with Crippen molar-refractivity contribution in [3.63, 3.8) is 0 Å². The zero-order chi connectivity index (χ0) is 22.4. The Labute approximate surface area is 181 Å². The van der Waals surface area contributed by atoms with E-state index in [4.69, 9.17) is 0 Å². The van der Waals surface area contributed by atoms with Gasteiger partial charge in [-0.2, -0.15) is 0 Å². The Kier molecular flexibility index (Phi) is 7.60. The highest BCUT2D eigenvalue weighted by Crippen LogP contribution is 2.33. The van der Waals surface area contributed by atoms with Gasteiger partial charge >= 0.3 is 6.36 Å². The number of halogens is 4. The molecule has 1 N–H and O–H groups in total. The lowest BCUT2D eigenvalue weighted by Crippen LogP contribution is -2.48. The van der Waals surface area contributed by atoms with Gasteiger partial charge in [0.05, 0.1) is 11.9 Å². The Bertz CT molecular complexity index is 905. The summed E-state index contributed by atoms with van der Waals surface area (Å²) in [5.41, 5.74) is 1.00. The second-order valence-electron chi connectivity index (χ2n) is 6.87. The highest BCUT2D eigenvalue weighted by atomic mass is 32.2. The number of rotatable bonds is 7. The molecule has 11 heteroatoms. The number of carbonyl (C=O) groups excluding carboxylic acids is 1. The molecule has 0 aliphatic carbocycles. The van der Waals surface area contributed by atoms with Crippen molar-refractivity contribution >= 4 is 23.5 Å². The first-order valence-corrected chi connectivity index (χ1v) is 10.6. The third-order valence-corrected chi connectivity index (χ3v) is 5.26. The molecule has 31 heavy (non-hydrogen) atoms. The van der Waals surface area contributed by atoms with Gasteiger partial charge in [-0.15, -0.1) is 13.2 Å². The summed E-state index contributed by atoms with van der Waals surface area (Å²) in [6, 6.07) is 5.41. The Morgan fingerprint density at radius 3 is 2.58 bits per heavy atom. The molecule has 1 aliphatic rings. The molecule has 1 fully saturated rings. The van der Waals surface area contributed by atoms with Crippen LogP contribution >= 0.6 is 11.9 Å². The lowest BCUT2D eigenvalue weighted by molar-refractivity contribution is -0.274. The van der Waals surface area contributed by atoms with E-state index in [1.165, 1.54) is 30.1 Å². The maximum atomic E-state index is 13.3. The molecule has 1 aromatic carbocycles. The molecule has 6 nitrogen and oxygen atoms in total. The van der Waals surface area contributed by atoms with Crippen LogP contribution < -0.4 is 9.46 Å². The smallest absolute Gasteiger partial charge is 0.404 e. The molecule has 1 amide bonds. The van der Waals surface area contributed by atoms with E-state index >= 15 is 0 Å². The molecule has 1 aromatic heterocycles. The van der Waals surface area contributed by atoms with Crippen molar-refractivity contribution in [1.29, 1.82) is 0 Å². The average Bonchev–Trinajstić information content (AvgIpc) is 2.72. The molecular weight excluding hydrogens is 436 g/mol. The van der Waals surface area contributed by atoms with E-state index in [9.17, 15) is 22.4 Å². The molecular formula is C20H22F4N4O2S. The number of aromatic nitrogens is 1. The summed E-state index contributed by atoms with van der Waals surface area (Å²) in [7, 11) is 0. The first-order chi connectivity index (χ1) is 14.7. The minimum atomic E-state index is -4.87. The molecule has 2 aromatic rings. The summed E-state index contributed by atoms with van der Waals surface area (Å²) in [6.07, 6.45) is -2.14. The van der Waals surface area contributed by atoms with Gasteiger partial charge in [-0.05, 0) is 29.8 Å². The fourth-order valence-corrected chi connectivity index (χ4v) is 3.66. The number of pyridine rings is 1. The van der Waals surface area contributed by atoms with Crippen molar-refractivity contribution in [1.82, 2.24) is 14.8 Å². The van der Waals surface area contributed by atoms with Gasteiger partial charge < -0.3 is 14.4 Å². The number of piperazine rings is 1.